The molecule has 1 aliphatic rings. The van der Waals surface area contributed by atoms with Crippen LogP contribution in [0.5, 0.6) is 0 Å². The molecule has 112 valence electrons. The first kappa shape index (κ1) is 13.8. The van der Waals surface area contributed by atoms with Crippen LogP contribution in [0.25, 0.3) is 0 Å². The third kappa shape index (κ3) is 2.42. The maximum atomic E-state index is 6.07. The molecule has 0 bridgehead atoms. The van der Waals surface area contributed by atoms with Gasteiger partial charge in [0.05, 0.1) is 5.71 Å². The van der Waals surface area contributed by atoms with Crippen molar-refractivity contribution in [3.8, 4) is 0 Å². The summed E-state index contributed by atoms with van der Waals surface area (Å²) >= 11 is 0. The molecule has 1 aliphatic heterocycles. The topological polar surface area (TPSA) is 21.6 Å². The Bertz CT molecular complexity index is 771. The first-order valence-electron chi connectivity index (χ1n) is 7.80. The van der Waals surface area contributed by atoms with Gasteiger partial charge in [0, 0.05) is 17.5 Å². The summed E-state index contributed by atoms with van der Waals surface area (Å²) in [4.78, 5) is 6.07. The van der Waals surface area contributed by atoms with Crippen LogP contribution in [-0.4, -0.2) is 5.71 Å². The summed E-state index contributed by atoms with van der Waals surface area (Å²) in [7, 11) is 0. The van der Waals surface area contributed by atoms with Crippen LogP contribution in [0.15, 0.2) is 96.2 Å². The lowest BCUT2D eigenvalue weighted by molar-refractivity contribution is 0.0112. The van der Waals surface area contributed by atoms with E-state index in [0.29, 0.717) is 0 Å². The van der Waals surface area contributed by atoms with E-state index in [-0.39, 0.29) is 0 Å². The summed E-state index contributed by atoms with van der Waals surface area (Å²) in [5, 5.41) is 4.43. The average molecular weight is 299 g/mol. The van der Waals surface area contributed by atoms with E-state index >= 15 is 0 Å². The van der Waals surface area contributed by atoms with Crippen molar-refractivity contribution in [2.24, 2.45) is 5.16 Å². The van der Waals surface area contributed by atoms with Crippen molar-refractivity contribution >= 4 is 5.71 Å². The monoisotopic (exact) mass is 299 g/mol. The Morgan fingerprint density at radius 2 is 1.13 bits per heavy atom. The van der Waals surface area contributed by atoms with Crippen LogP contribution in [0.2, 0.25) is 0 Å². The van der Waals surface area contributed by atoms with Gasteiger partial charge in [0.25, 0.3) is 0 Å². The Hall–Kier alpha value is -2.87. The number of oxime groups is 1. The SMILES string of the molecule is c1ccc(C2=NOC(c3ccccc3)(c3ccccc3)C2)cc1. The Labute approximate surface area is 136 Å². The average Bonchev–Trinajstić information content (AvgIpc) is 3.11. The van der Waals surface area contributed by atoms with Crippen molar-refractivity contribution in [3.63, 3.8) is 0 Å². The van der Waals surface area contributed by atoms with Crippen LogP contribution in [-0.2, 0) is 10.4 Å². The van der Waals surface area contributed by atoms with E-state index in [9.17, 15) is 0 Å². The molecule has 0 N–H and O–H groups in total. The first-order valence-corrected chi connectivity index (χ1v) is 7.80. The third-order valence-corrected chi connectivity index (χ3v) is 4.32. The fourth-order valence-corrected chi connectivity index (χ4v) is 3.11. The molecule has 0 aliphatic carbocycles. The van der Waals surface area contributed by atoms with E-state index in [1.54, 1.807) is 0 Å². The highest BCUT2D eigenvalue weighted by atomic mass is 16.7. The van der Waals surface area contributed by atoms with E-state index < -0.39 is 5.60 Å². The van der Waals surface area contributed by atoms with Crippen LogP contribution in [0.3, 0.4) is 0 Å². The predicted molar refractivity (Wildman–Crippen MR) is 92.3 cm³/mol. The predicted octanol–water partition coefficient (Wildman–Crippen LogP) is 4.75. The van der Waals surface area contributed by atoms with Crippen molar-refractivity contribution in [2.45, 2.75) is 12.0 Å². The third-order valence-electron chi connectivity index (χ3n) is 4.32. The minimum absolute atomic E-state index is 0.548. The molecule has 0 saturated heterocycles. The highest BCUT2D eigenvalue weighted by Gasteiger charge is 2.42. The fraction of sp³-hybridized carbons (Fsp3) is 0.0952. The largest absolute Gasteiger partial charge is 0.379 e. The van der Waals surface area contributed by atoms with Gasteiger partial charge < -0.3 is 4.84 Å². The molecule has 0 amide bonds. The highest BCUT2D eigenvalue weighted by molar-refractivity contribution is 6.02. The van der Waals surface area contributed by atoms with Crippen molar-refractivity contribution in [1.29, 1.82) is 0 Å². The van der Waals surface area contributed by atoms with Crippen LogP contribution < -0.4 is 0 Å². The second-order valence-electron chi connectivity index (χ2n) is 5.73. The molecule has 23 heavy (non-hydrogen) atoms. The maximum Gasteiger partial charge on any atom is 0.193 e. The molecular weight excluding hydrogens is 282 g/mol. The number of benzene rings is 3. The smallest absolute Gasteiger partial charge is 0.193 e. The summed E-state index contributed by atoms with van der Waals surface area (Å²) in [6, 6.07) is 30.9. The molecule has 2 heteroatoms. The van der Waals surface area contributed by atoms with Crippen molar-refractivity contribution in [3.05, 3.63) is 108 Å². The second kappa shape index (κ2) is 5.73. The van der Waals surface area contributed by atoms with Crippen molar-refractivity contribution in [1.82, 2.24) is 0 Å². The quantitative estimate of drug-likeness (QED) is 0.683. The lowest BCUT2D eigenvalue weighted by atomic mass is 9.81. The fourth-order valence-electron chi connectivity index (χ4n) is 3.11. The molecule has 0 atom stereocenters. The van der Waals surface area contributed by atoms with Gasteiger partial charge in [-0.15, -0.1) is 0 Å². The lowest BCUT2D eigenvalue weighted by Crippen LogP contribution is -2.28. The normalized spacial score (nSPS) is 15.7. The molecule has 2 nitrogen and oxygen atoms in total. The van der Waals surface area contributed by atoms with E-state index in [4.69, 9.17) is 4.84 Å². The van der Waals surface area contributed by atoms with Gasteiger partial charge in [-0.3, -0.25) is 0 Å². The molecule has 0 radical (unpaired) electrons. The van der Waals surface area contributed by atoms with E-state index in [2.05, 4.69) is 41.6 Å². The molecule has 0 unspecified atom stereocenters. The molecule has 0 fully saturated rings. The Morgan fingerprint density at radius 3 is 1.65 bits per heavy atom. The molecule has 0 saturated carbocycles. The Kier molecular flexibility index (Phi) is 3.43. The Balaban J connectivity index is 1.78. The molecule has 1 heterocycles. The highest BCUT2D eigenvalue weighted by Crippen LogP contribution is 2.42. The first-order chi connectivity index (χ1) is 11.4. The van der Waals surface area contributed by atoms with Gasteiger partial charge in [0.15, 0.2) is 5.60 Å². The summed E-state index contributed by atoms with van der Waals surface area (Å²) in [6.07, 6.45) is 0.727. The Morgan fingerprint density at radius 1 is 0.652 bits per heavy atom. The van der Waals surface area contributed by atoms with Gasteiger partial charge in [-0.05, 0) is 5.56 Å². The molecular formula is C21H17NO. The summed E-state index contributed by atoms with van der Waals surface area (Å²) in [5.41, 5.74) is 3.80. The van der Waals surface area contributed by atoms with Gasteiger partial charge in [0.2, 0.25) is 0 Å². The van der Waals surface area contributed by atoms with Crippen LogP contribution in [0.1, 0.15) is 23.1 Å². The number of hydrogen-bond donors (Lipinski definition) is 0. The number of hydrogen-bond acceptors (Lipinski definition) is 2. The van der Waals surface area contributed by atoms with Gasteiger partial charge in [0.1, 0.15) is 0 Å². The van der Waals surface area contributed by atoms with E-state index in [1.807, 2.05) is 54.6 Å². The molecule has 4 rings (SSSR count). The zero-order valence-electron chi connectivity index (χ0n) is 12.7. The molecule has 0 aromatic heterocycles. The molecule has 0 spiro atoms. The van der Waals surface area contributed by atoms with E-state index in [0.717, 1.165) is 28.8 Å². The number of nitrogens with zero attached hydrogens (tertiary/aromatic N) is 1. The summed E-state index contributed by atoms with van der Waals surface area (Å²) < 4.78 is 0. The van der Waals surface area contributed by atoms with Gasteiger partial charge in [-0.1, -0.05) is 96.2 Å². The molecule has 3 aromatic rings. The van der Waals surface area contributed by atoms with Crippen molar-refractivity contribution in [2.75, 3.05) is 0 Å². The summed E-state index contributed by atoms with van der Waals surface area (Å²) in [5.74, 6) is 0. The van der Waals surface area contributed by atoms with Crippen LogP contribution >= 0.6 is 0 Å². The van der Waals surface area contributed by atoms with Gasteiger partial charge in [-0.2, -0.15) is 0 Å². The summed E-state index contributed by atoms with van der Waals surface area (Å²) in [6.45, 7) is 0. The lowest BCUT2D eigenvalue weighted by Gasteiger charge is -2.27. The zero-order valence-corrected chi connectivity index (χ0v) is 12.7. The van der Waals surface area contributed by atoms with Crippen LogP contribution in [0, 0.1) is 0 Å². The van der Waals surface area contributed by atoms with Crippen LogP contribution in [0.4, 0.5) is 0 Å². The minimum Gasteiger partial charge on any atom is -0.379 e. The van der Waals surface area contributed by atoms with Gasteiger partial charge in [-0.25, -0.2) is 0 Å². The maximum absolute atomic E-state index is 6.07. The zero-order chi connectivity index (χ0) is 15.5. The minimum atomic E-state index is -0.548. The standard InChI is InChI=1S/C21H17NO/c1-4-10-17(11-5-1)20-16-21(23-22-20,18-12-6-2-7-13-18)19-14-8-3-9-15-19/h1-15H,16H2. The van der Waals surface area contributed by atoms with Crippen molar-refractivity contribution < 1.29 is 4.84 Å². The molecule has 3 aromatic carbocycles. The number of rotatable bonds is 3. The van der Waals surface area contributed by atoms with Gasteiger partial charge >= 0.3 is 0 Å². The van der Waals surface area contributed by atoms with E-state index in [1.165, 1.54) is 0 Å². The second-order valence-corrected chi connectivity index (χ2v) is 5.73.